The molecular formula is C17H25N4O2. The molecule has 0 spiro atoms. The number of aromatic nitrogens is 1. The summed E-state index contributed by atoms with van der Waals surface area (Å²) in [6, 6.07) is 6.07. The van der Waals surface area contributed by atoms with Gasteiger partial charge in [-0.25, -0.2) is 4.98 Å². The number of hydrogen-bond acceptors (Lipinski definition) is 4. The van der Waals surface area contributed by atoms with Crippen LogP contribution in [0.25, 0.3) is 0 Å². The first-order valence-electron chi connectivity index (χ1n) is 8.18. The topological polar surface area (TPSA) is 79.5 Å². The average Bonchev–Trinajstić information content (AvgIpc) is 2.59. The molecule has 1 saturated heterocycles. The number of anilines is 1. The molecule has 1 aromatic heterocycles. The first-order chi connectivity index (χ1) is 11.0. The van der Waals surface area contributed by atoms with Crippen molar-refractivity contribution in [1.29, 1.82) is 0 Å². The van der Waals surface area contributed by atoms with Crippen LogP contribution >= 0.6 is 0 Å². The van der Waals surface area contributed by atoms with Crippen molar-refractivity contribution in [2.45, 2.75) is 51.1 Å². The van der Waals surface area contributed by atoms with Gasteiger partial charge < -0.3 is 15.5 Å². The van der Waals surface area contributed by atoms with Gasteiger partial charge in [0.05, 0.1) is 0 Å². The van der Waals surface area contributed by atoms with Crippen molar-refractivity contribution in [2.75, 3.05) is 18.5 Å². The fourth-order valence-electron chi connectivity index (χ4n) is 3.03. The molecule has 6 nitrogen and oxygen atoms in total. The van der Waals surface area contributed by atoms with E-state index in [9.17, 15) is 9.59 Å². The van der Waals surface area contributed by atoms with Gasteiger partial charge in [0, 0.05) is 38.3 Å². The number of primary amides is 1. The summed E-state index contributed by atoms with van der Waals surface area (Å²) in [6.45, 7) is 2.72. The summed E-state index contributed by atoms with van der Waals surface area (Å²) in [6.07, 6.45) is 5.39. The second-order valence-corrected chi connectivity index (χ2v) is 6.01. The van der Waals surface area contributed by atoms with E-state index in [0.29, 0.717) is 19.4 Å². The minimum atomic E-state index is -0.440. The van der Waals surface area contributed by atoms with Gasteiger partial charge in [0.25, 0.3) is 0 Å². The third-order valence-electron chi connectivity index (χ3n) is 4.48. The molecule has 1 aliphatic heterocycles. The second kappa shape index (κ2) is 7.94. The van der Waals surface area contributed by atoms with Gasteiger partial charge in [-0.1, -0.05) is 13.3 Å². The van der Waals surface area contributed by atoms with Crippen LogP contribution in [-0.4, -0.2) is 47.4 Å². The smallest absolute Gasteiger partial charge is 0.240 e. The number of unbranched alkanes of at least 4 members (excludes halogenated alkanes) is 1. The van der Waals surface area contributed by atoms with Crippen molar-refractivity contribution in [3.8, 4) is 0 Å². The largest absolute Gasteiger partial charge is 0.368 e. The summed E-state index contributed by atoms with van der Waals surface area (Å²) in [5, 5.41) is 0. The van der Waals surface area contributed by atoms with E-state index in [1.807, 2.05) is 18.0 Å². The minimum absolute atomic E-state index is 0.0448. The Morgan fingerprint density at radius 1 is 1.52 bits per heavy atom. The summed E-state index contributed by atoms with van der Waals surface area (Å²) in [5.41, 5.74) is 5.59. The first-order valence-corrected chi connectivity index (χ1v) is 8.18. The fraction of sp³-hybridized carbons (Fsp3) is 0.588. The van der Waals surface area contributed by atoms with E-state index in [2.05, 4.69) is 18.0 Å². The number of piperidine rings is 1. The number of nitrogens with zero attached hydrogens (tertiary/aromatic N) is 3. The number of rotatable bonds is 6. The molecule has 0 saturated carbocycles. The zero-order chi connectivity index (χ0) is 16.8. The van der Waals surface area contributed by atoms with E-state index in [1.54, 1.807) is 17.2 Å². The molecule has 2 atom stereocenters. The maximum Gasteiger partial charge on any atom is 0.240 e. The van der Waals surface area contributed by atoms with E-state index < -0.39 is 6.04 Å². The summed E-state index contributed by atoms with van der Waals surface area (Å²) < 4.78 is 0. The SMILES string of the molecule is CCCCC(=O)N(C)C1CCN(c2cc[c]cn2)C(C(N)=O)C1. The molecule has 0 aliphatic carbocycles. The van der Waals surface area contributed by atoms with Crippen LogP contribution in [0, 0.1) is 6.07 Å². The van der Waals surface area contributed by atoms with Crippen LogP contribution < -0.4 is 10.6 Å². The molecule has 2 rings (SSSR count). The molecule has 1 fully saturated rings. The summed E-state index contributed by atoms with van der Waals surface area (Å²) in [5.74, 6) is 0.491. The van der Waals surface area contributed by atoms with Crippen LogP contribution in [0.5, 0.6) is 0 Å². The fourth-order valence-corrected chi connectivity index (χ4v) is 3.03. The third kappa shape index (κ3) is 4.21. The number of carbonyl (C=O) groups excluding carboxylic acids is 2. The highest BCUT2D eigenvalue weighted by atomic mass is 16.2. The number of carbonyl (C=O) groups is 2. The molecule has 1 aliphatic rings. The average molecular weight is 317 g/mol. The maximum absolute atomic E-state index is 12.2. The van der Waals surface area contributed by atoms with Gasteiger partial charge in [-0.3, -0.25) is 9.59 Å². The molecule has 2 amide bonds. The first kappa shape index (κ1) is 17.2. The van der Waals surface area contributed by atoms with Gasteiger partial charge in [0.15, 0.2) is 0 Å². The van der Waals surface area contributed by atoms with E-state index in [0.717, 1.165) is 25.1 Å². The predicted molar refractivity (Wildman–Crippen MR) is 88.7 cm³/mol. The van der Waals surface area contributed by atoms with Crippen LogP contribution in [0.2, 0.25) is 0 Å². The van der Waals surface area contributed by atoms with Crippen molar-refractivity contribution in [2.24, 2.45) is 5.73 Å². The van der Waals surface area contributed by atoms with Gasteiger partial charge in [-0.15, -0.1) is 0 Å². The summed E-state index contributed by atoms with van der Waals surface area (Å²) in [4.78, 5) is 32.1. The zero-order valence-electron chi connectivity index (χ0n) is 13.9. The standard InChI is InChI=1S/C17H25N4O2/c1-3-4-8-16(22)20(2)13-9-11-21(14(12-13)17(18)23)15-7-5-6-10-19-15/h5,7,10,13-14H,3-4,8-9,11-12H2,1-2H3,(H2,18,23). The van der Waals surface area contributed by atoms with Crippen molar-refractivity contribution in [3.05, 3.63) is 24.4 Å². The number of nitrogens with two attached hydrogens (primary N) is 1. The highest BCUT2D eigenvalue weighted by Gasteiger charge is 2.35. The van der Waals surface area contributed by atoms with Crippen LogP contribution in [0.3, 0.4) is 0 Å². The Morgan fingerprint density at radius 2 is 2.30 bits per heavy atom. The predicted octanol–water partition coefficient (Wildman–Crippen LogP) is 1.35. The lowest BCUT2D eigenvalue weighted by atomic mass is 9.95. The maximum atomic E-state index is 12.2. The molecular weight excluding hydrogens is 292 g/mol. The Kier molecular flexibility index (Phi) is 5.96. The Balaban J connectivity index is 2.07. The third-order valence-corrected chi connectivity index (χ3v) is 4.48. The van der Waals surface area contributed by atoms with Crippen molar-refractivity contribution < 1.29 is 9.59 Å². The van der Waals surface area contributed by atoms with E-state index in [4.69, 9.17) is 5.73 Å². The van der Waals surface area contributed by atoms with Gasteiger partial charge >= 0.3 is 0 Å². The lowest BCUT2D eigenvalue weighted by Crippen LogP contribution is -2.55. The molecule has 0 aromatic carbocycles. The molecule has 0 bridgehead atoms. The van der Waals surface area contributed by atoms with Gasteiger partial charge in [-0.2, -0.15) is 0 Å². The van der Waals surface area contributed by atoms with E-state index in [1.165, 1.54) is 0 Å². The highest BCUT2D eigenvalue weighted by Crippen LogP contribution is 2.26. The Bertz CT molecular complexity index is 535. The van der Waals surface area contributed by atoms with Crippen LogP contribution in [0.4, 0.5) is 5.82 Å². The molecule has 6 heteroatoms. The molecule has 2 heterocycles. The van der Waals surface area contributed by atoms with Gasteiger partial charge in [-0.05, 0) is 31.4 Å². The van der Waals surface area contributed by atoms with Crippen molar-refractivity contribution in [3.63, 3.8) is 0 Å². The van der Waals surface area contributed by atoms with Crippen LogP contribution in [0.15, 0.2) is 18.3 Å². The molecule has 1 radical (unpaired) electrons. The summed E-state index contributed by atoms with van der Waals surface area (Å²) in [7, 11) is 1.83. The Labute approximate surface area is 137 Å². The zero-order valence-corrected chi connectivity index (χ0v) is 13.9. The van der Waals surface area contributed by atoms with Crippen molar-refractivity contribution in [1.82, 2.24) is 9.88 Å². The number of hydrogen-bond donors (Lipinski definition) is 1. The molecule has 125 valence electrons. The van der Waals surface area contributed by atoms with Crippen LogP contribution in [-0.2, 0) is 9.59 Å². The van der Waals surface area contributed by atoms with E-state index in [-0.39, 0.29) is 17.9 Å². The van der Waals surface area contributed by atoms with Gasteiger partial charge in [0.1, 0.15) is 11.9 Å². The molecule has 1 aromatic rings. The molecule has 2 N–H and O–H groups in total. The quantitative estimate of drug-likeness (QED) is 0.859. The summed E-state index contributed by atoms with van der Waals surface area (Å²) >= 11 is 0. The van der Waals surface area contributed by atoms with Crippen molar-refractivity contribution >= 4 is 17.6 Å². The normalized spacial score (nSPS) is 21.0. The minimum Gasteiger partial charge on any atom is -0.368 e. The molecule has 23 heavy (non-hydrogen) atoms. The van der Waals surface area contributed by atoms with E-state index >= 15 is 0 Å². The Hall–Kier alpha value is -2.11. The second-order valence-electron chi connectivity index (χ2n) is 6.01. The number of amides is 2. The van der Waals surface area contributed by atoms with Gasteiger partial charge in [0.2, 0.25) is 11.8 Å². The highest BCUT2D eigenvalue weighted by molar-refractivity contribution is 5.84. The number of pyridine rings is 1. The lowest BCUT2D eigenvalue weighted by Gasteiger charge is -2.41. The molecule has 2 unspecified atom stereocenters. The monoisotopic (exact) mass is 317 g/mol. The Morgan fingerprint density at radius 3 is 2.91 bits per heavy atom. The lowest BCUT2D eigenvalue weighted by molar-refractivity contribution is -0.133. The van der Waals surface area contributed by atoms with Crippen LogP contribution in [0.1, 0.15) is 39.0 Å².